The van der Waals surface area contributed by atoms with Crippen molar-refractivity contribution in [2.45, 2.75) is 26.2 Å². The van der Waals surface area contributed by atoms with Gasteiger partial charge in [-0.3, -0.25) is 14.5 Å². The van der Waals surface area contributed by atoms with E-state index in [0.717, 1.165) is 12.8 Å². The van der Waals surface area contributed by atoms with Crippen molar-refractivity contribution in [3.05, 3.63) is 34.7 Å². The highest BCUT2D eigenvalue weighted by molar-refractivity contribution is 8.04. The molecule has 0 atom stereocenters. The fourth-order valence-electron chi connectivity index (χ4n) is 2.72. The number of carbonyl (C=O) groups excluding carboxylic acids is 2. The van der Waals surface area contributed by atoms with E-state index in [-0.39, 0.29) is 18.4 Å². The zero-order valence-corrected chi connectivity index (χ0v) is 16.7. The SMILES string of the molecule is CCCCOCCCN1C(=O)C(SCCO)=C(c2ccc(OC)cc2)C1=O. The van der Waals surface area contributed by atoms with Crippen molar-refractivity contribution in [2.24, 2.45) is 0 Å². The molecule has 1 aromatic rings. The number of amides is 2. The van der Waals surface area contributed by atoms with E-state index < -0.39 is 0 Å². The molecule has 1 aromatic carbocycles. The summed E-state index contributed by atoms with van der Waals surface area (Å²) in [6.45, 7) is 3.59. The zero-order valence-electron chi connectivity index (χ0n) is 15.9. The Morgan fingerprint density at radius 1 is 1.07 bits per heavy atom. The second kappa shape index (κ2) is 11.1. The smallest absolute Gasteiger partial charge is 0.267 e. The van der Waals surface area contributed by atoms with E-state index in [4.69, 9.17) is 14.6 Å². The number of carbonyl (C=O) groups is 2. The number of methoxy groups -OCH3 is 1. The average Bonchev–Trinajstić information content (AvgIpc) is 2.92. The monoisotopic (exact) mass is 393 g/mol. The number of ether oxygens (including phenoxy) is 2. The highest BCUT2D eigenvalue weighted by Gasteiger charge is 2.38. The Morgan fingerprint density at radius 2 is 1.78 bits per heavy atom. The number of benzene rings is 1. The van der Waals surface area contributed by atoms with Gasteiger partial charge in [0.25, 0.3) is 11.8 Å². The van der Waals surface area contributed by atoms with Crippen LogP contribution in [0.25, 0.3) is 5.57 Å². The van der Waals surface area contributed by atoms with Gasteiger partial charge in [-0.1, -0.05) is 25.5 Å². The predicted molar refractivity (Wildman–Crippen MR) is 107 cm³/mol. The first-order valence-corrected chi connectivity index (χ1v) is 10.2. The molecule has 0 bridgehead atoms. The summed E-state index contributed by atoms with van der Waals surface area (Å²) in [5, 5.41) is 9.13. The number of rotatable bonds is 12. The summed E-state index contributed by atoms with van der Waals surface area (Å²) in [4.78, 5) is 27.4. The van der Waals surface area contributed by atoms with Crippen LogP contribution in [0.3, 0.4) is 0 Å². The molecule has 148 valence electrons. The minimum atomic E-state index is -0.294. The third kappa shape index (κ3) is 5.57. The van der Waals surface area contributed by atoms with Crippen LogP contribution in [0.5, 0.6) is 5.75 Å². The normalized spacial score (nSPS) is 14.4. The second-order valence-electron chi connectivity index (χ2n) is 6.09. The van der Waals surface area contributed by atoms with Crippen molar-refractivity contribution in [3.63, 3.8) is 0 Å². The Bertz CT molecular complexity index is 671. The lowest BCUT2D eigenvalue weighted by atomic mass is 10.1. The lowest BCUT2D eigenvalue weighted by Crippen LogP contribution is -2.33. The Kier molecular flexibility index (Phi) is 8.84. The average molecular weight is 394 g/mol. The van der Waals surface area contributed by atoms with Gasteiger partial charge in [0, 0.05) is 25.5 Å². The molecule has 0 saturated carbocycles. The molecule has 1 aliphatic rings. The summed E-state index contributed by atoms with van der Waals surface area (Å²) >= 11 is 1.22. The quantitative estimate of drug-likeness (QED) is 0.435. The minimum Gasteiger partial charge on any atom is -0.497 e. The molecule has 6 nitrogen and oxygen atoms in total. The number of imide groups is 1. The Hall–Kier alpha value is -1.83. The maximum Gasteiger partial charge on any atom is 0.267 e. The highest BCUT2D eigenvalue weighted by Crippen LogP contribution is 2.36. The largest absolute Gasteiger partial charge is 0.497 e. The molecule has 2 rings (SSSR count). The molecule has 2 amide bonds. The first-order chi connectivity index (χ1) is 13.1. The molecule has 0 radical (unpaired) electrons. The fraction of sp³-hybridized carbons (Fsp3) is 0.500. The van der Waals surface area contributed by atoms with E-state index >= 15 is 0 Å². The second-order valence-corrected chi connectivity index (χ2v) is 7.19. The molecule has 1 heterocycles. The van der Waals surface area contributed by atoms with Gasteiger partial charge < -0.3 is 14.6 Å². The number of unbranched alkanes of at least 4 members (excludes halogenated alkanes) is 1. The van der Waals surface area contributed by atoms with Crippen LogP contribution < -0.4 is 4.74 Å². The molecule has 1 aliphatic heterocycles. The van der Waals surface area contributed by atoms with Crippen LogP contribution >= 0.6 is 11.8 Å². The molecule has 0 aromatic heterocycles. The van der Waals surface area contributed by atoms with Gasteiger partial charge in [0.2, 0.25) is 0 Å². The van der Waals surface area contributed by atoms with E-state index in [1.165, 1.54) is 16.7 Å². The molecule has 1 N–H and O–H groups in total. The minimum absolute atomic E-state index is 0.0587. The molecule has 0 saturated heterocycles. The van der Waals surface area contributed by atoms with Crippen molar-refractivity contribution in [1.82, 2.24) is 4.90 Å². The predicted octanol–water partition coefficient (Wildman–Crippen LogP) is 2.71. The van der Waals surface area contributed by atoms with Crippen LogP contribution in [0.4, 0.5) is 0 Å². The number of aliphatic hydroxyl groups excluding tert-OH is 1. The maximum absolute atomic E-state index is 12.9. The lowest BCUT2D eigenvalue weighted by Gasteiger charge is -2.15. The van der Waals surface area contributed by atoms with Gasteiger partial charge in [-0.2, -0.15) is 0 Å². The molecule has 7 heteroatoms. The first-order valence-electron chi connectivity index (χ1n) is 9.20. The van der Waals surface area contributed by atoms with Gasteiger partial charge in [0.15, 0.2) is 0 Å². The molecule has 0 fully saturated rings. The maximum atomic E-state index is 12.9. The van der Waals surface area contributed by atoms with Gasteiger partial charge in [0.05, 0.1) is 24.2 Å². The molecule has 0 aliphatic carbocycles. The summed E-state index contributed by atoms with van der Waals surface area (Å²) in [6, 6.07) is 7.07. The van der Waals surface area contributed by atoms with Gasteiger partial charge in [-0.15, -0.1) is 11.8 Å². The van der Waals surface area contributed by atoms with Crippen LogP contribution in [0.2, 0.25) is 0 Å². The van der Waals surface area contributed by atoms with Crippen LogP contribution in [0.1, 0.15) is 31.7 Å². The third-order valence-electron chi connectivity index (χ3n) is 4.15. The van der Waals surface area contributed by atoms with Gasteiger partial charge in [-0.25, -0.2) is 0 Å². The van der Waals surface area contributed by atoms with Crippen molar-refractivity contribution >= 4 is 29.1 Å². The van der Waals surface area contributed by atoms with E-state index in [1.807, 2.05) is 0 Å². The number of thioether (sulfide) groups is 1. The zero-order chi connectivity index (χ0) is 19.6. The summed E-state index contributed by atoms with van der Waals surface area (Å²) < 4.78 is 10.7. The standard InChI is InChI=1S/C20H27NO5S/c1-3-4-12-26-13-5-10-21-19(23)17(18(20(21)24)27-14-11-22)15-6-8-16(25-2)9-7-15/h6-9,22H,3-5,10-14H2,1-2H3. The van der Waals surface area contributed by atoms with Crippen LogP contribution in [-0.2, 0) is 14.3 Å². The Morgan fingerprint density at radius 3 is 2.41 bits per heavy atom. The van der Waals surface area contributed by atoms with Crippen LogP contribution in [0, 0.1) is 0 Å². The molecular formula is C20H27NO5S. The van der Waals surface area contributed by atoms with E-state index in [2.05, 4.69) is 6.92 Å². The fourth-order valence-corrected chi connectivity index (χ4v) is 3.60. The summed E-state index contributed by atoms with van der Waals surface area (Å²) in [5.74, 6) is 0.459. The van der Waals surface area contributed by atoms with Crippen LogP contribution in [-0.4, -0.2) is 61.0 Å². The van der Waals surface area contributed by atoms with Crippen molar-refractivity contribution in [2.75, 3.05) is 39.2 Å². The topological polar surface area (TPSA) is 76.1 Å². The van der Waals surface area contributed by atoms with E-state index in [0.29, 0.717) is 53.7 Å². The van der Waals surface area contributed by atoms with Crippen LogP contribution in [0.15, 0.2) is 29.2 Å². The Labute approximate surface area is 164 Å². The van der Waals surface area contributed by atoms with Crippen molar-refractivity contribution in [3.8, 4) is 5.75 Å². The molecule has 0 spiro atoms. The number of hydrogen-bond donors (Lipinski definition) is 1. The van der Waals surface area contributed by atoms with Crippen molar-refractivity contribution in [1.29, 1.82) is 0 Å². The number of nitrogens with zero attached hydrogens (tertiary/aromatic N) is 1. The lowest BCUT2D eigenvalue weighted by molar-refractivity contribution is -0.136. The van der Waals surface area contributed by atoms with Gasteiger partial charge >= 0.3 is 0 Å². The Balaban J connectivity index is 2.11. The van der Waals surface area contributed by atoms with E-state index in [9.17, 15) is 9.59 Å². The molecule has 0 unspecified atom stereocenters. The number of hydrogen-bond acceptors (Lipinski definition) is 6. The summed E-state index contributed by atoms with van der Waals surface area (Å²) in [5.41, 5.74) is 1.07. The van der Waals surface area contributed by atoms with Gasteiger partial charge in [0.1, 0.15) is 5.75 Å². The third-order valence-corrected chi connectivity index (χ3v) is 5.21. The summed E-state index contributed by atoms with van der Waals surface area (Å²) in [7, 11) is 1.57. The highest BCUT2D eigenvalue weighted by atomic mass is 32.2. The van der Waals surface area contributed by atoms with Crippen molar-refractivity contribution < 1.29 is 24.2 Å². The van der Waals surface area contributed by atoms with Gasteiger partial charge in [-0.05, 0) is 30.5 Å². The first kappa shape index (κ1) is 21.5. The number of aliphatic hydroxyl groups is 1. The van der Waals surface area contributed by atoms with E-state index in [1.54, 1.807) is 31.4 Å². The molecule has 27 heavy (non-hydrogen) atoms. The summed E-state index contributed by atoms with van der Waals surface area (Å²) in [6.07, 6.45) is 2.69. The molecular weight excluding hydrogens is 366 g/mol.